The number of hydrogen-bond acceptors (Lipinski definition) is 2. The van der Waals surface area contributed by atoms with E-state index in [1.54, 1.807) is 30.6 Å². The van der Waals surface area contributed by atoms with Crippen molar-refractivity contribution in [1.82, 2.24) is 9.55 Å². The molecule has 4 heteroatoms. The van der Waals surface area contributed by atoms with Gasteiger partial charge in [-0.1, -0.05) is 36.4 Å². The second-order valence-electron chi connectivity index (χ2n) is 5.91. The van der Waals surface area contributed by atoms with Gasteiger partial charge in [-0.25, -0.2) is 4.79 Å². The van der Waals surface area contributed by atoms with Crippen molar-refractivity contribution in [3.05, 3.63) is 97.0 Å². The number of aromatic nitrogens is 2. The summed E-state index contributed by atoms with van der Waals surface area (Å²) in [5.74, 6) is -0.936. The molecule has 0 bridgehead atoms. The van der Waals surface area contributed by atoms with Crippen molar-refractivity contribution in [2.45, 2.75) is 0 Å². The van der Waals surface area contributed by atoms with E-state index in [4.69, 9.17) is 0 Å². The molecule has 0 amide bonds. The summed E-state index contributed by atoms with van der Waals surface area (Å²) in [6.45, 7) is 0. The van der Waals surface area contributed by atoms with Gasteiger partial charge in [-0.3, -0.25) is 4.98 Å². The molecule has 0 radical (unpaired) electrons. The number of hydrogen-bond donors (Lipinski definition) is 1. The molecule has 126 valence electrons. The number of nitrogens with zero attached hydrogens (tertiary/aromatic N) is 2. The maximum atomic E-state index is 11.3. The number of carboxylic acids is 1. The highest BCUT2D eigenvalue weighted by Crippen LogP contribution is 2.35. The summed E-state index contributed by atoms with van der Waals surface area (Å²) in [4.78, 5) is 15.4. The van der Waals surface area contributed by atoms with Gasteiger partial charge in [0, 0.05) is 29.8 Å². The van der Waals surface area contributed by atoms with E-state index in [1.165, 1.54) is 0 Å². The molecule has 2 aromatic carbocycles. The van der Waals surface area contributed by atoms with Crippen molar-refractivity contribution in [3.8, 4) is 28.1 Å². The Bertz CT molecular complexity index is 1050. The van der Waals surface area contributed by atoms with Crippen LogP contribution in [0, 0.1) is 0 Å². The summed E-state index contributed by atoms with van der Waals surface area (Å²) in [5, 5.41) is 9.31. The van der Waals surface area contributed by atoms with Crippen LogP contribution >= 0.6 is 0 Å². The van der Waals surface area contributed by atoms with Crippen molar-refractivity contribution < 1.29 is 9.90 Å². The predicted octanol–water partition coefficient (Wildman–Crippen LogP) is 4.90. The number of pyridine rings is 1. The minimum Gasteiger partial charge on any atom is -0.478 e. The summed E-state index contributed by atoms with van der Waals surface area (Å²) in [6.07, 6.45) is 5.51. The first-order chi connectivity index (χ1) is 12.7. The van der Waals surface area contributed by atoms with Crippen LogP contribution < -0.4 is 0 Å². The lowest BCUT2D eigenvalue weighted by atomic mass is 10.0. The molecular weight excluding hydrogens is 324 g/mol. The number of rotatable bonds is 4. The third-order valence-corrected chi connectivity index (χ3v) is 4.30. The normalized spacial score (nSPS) is 10.6. The van der Waals surface area contributed by atoms with Crippen LogP contribution in [-0.4, -0.2) is 20.6 Å². The summed E-state index contributed by atoms with van der Waals surface area (Å²) in [6, 6.07) is 23.0. The molecule has 4 rings (SSSR count). The van der Waals surface area contributed by atoms with Crippen LogP contribution in [0.3, 0.4) is 0 Å². The summed E-state index contributed by atoms with van der Waals surface area (Å²) in [5.41, 5.74) is 5.28. The second-order valence-corrected chi connectivity index (χ2v) is 5.91. The highest BCUT2D eigenvalue weighted by atomic mass is 16.4. The third-order valence-electron chi connectivity index (χ3n) is 4.30. The standard InChI is InChI=1S/C22H16N2O2/c25-22(26)18-7-4-8-19(15-18)24-14-11-20(16-9-12-23-13-10-16)21(24)17-5-2-1-3-6-17/h1-15H,(H,25,26). The van der Waals surface area contributed by atoms with Crippen molar-refractivity contribution in [1.29, 1.82) is 0 Å². The van der Waals surface area contributed by atoms with Gasteiger partial charge in [-0.2, -0.15) is 0 Å². The van der Waals surface area contributed by atoms with E-state index in [0.29, 0.717) is 0 Å². The van der Waals surface area contributed by atoms with Gasteiger partial charge in [0.05, 0.1) is 11.3 Å². The summed E-state index contributed by atoms with van der Waals surface area (Å²) in [7, 11) is 0. The maximum Gasteiger partial charge on any atom is 0.335 e. The molecule has 0 saturated heterocycles. The first kappa shape index (κ1) is 15.8. The van der Waals surface area contributed by atoms with Crippen LogP contribution in [0.5, 0.6) is 0 Å². The Morgan fingerprint density at radius 2 is 1.62 bits per heavy atom. The summed E-state index contributed by atoms with van der Waals surface area (Å²) >= 11 is 0. The third kappa shape index (κ3) is 2.89. The minimum absolute atomic E-state index is 0.265. The van der Waals surface area contributed by atoms with Gasteiger partial charge in [-0.05, 0) is 47.5 Å². The van der Waals surface area contributed by atoms with Gasteiger partial charge in [-0.15, -0.1) is 0 Å². The van der Waals surface area contributed by atoms with E-state index >= 15 is 0 Å². The van der Waals surface area contributed by atoms with E-state index in [0.717, 1.165) is 28.1 Å². The van der Waals surface area contributed by atoms with Gasteiger partial charge >= 0.3 is 5.97 Å². The van der Waals surface area contributed by atoms with Crippen LogP contribution in [0.25, 0.3) is 28.1 Å². The Morgan fingerprint density at radius 3 is 2.35 bits per heavy atom. The molecule has 0 spiro atoms. The Morgan fingerprint density at radius 1 is 0.846 bits per heavy atom. The van der Waals surface area contributed by atoms with Gasteiger partial charge < -0.3 is 9.67 Å². The molecule has 0 unspecified atom stereocenters. The highest BCUT2D eigenvalue weighted by molar-refractivity contribution is 5.89. The fourth-order valence-electron chi connectivity index (χ4n) is 3.09. The van der Waals surface area contributed by atoms with Crippen LogP contribution in [0.2, 0.25) is 0 Å². The number of benzene rings is 2. The highest BCUT2D eigenvalue weighted by Gasteiger charge is 2.15. The van der Waals surface area contributed by atoms with Crippen molar-refractivity contribution in [2.75, 3.05) is 0 Å². The first-order valence-corrected chi connectivity index (χ1v) is 8.25. The number of carboxylic acid groups (broad SMARTS) is 1. The molecular formula is C22H16N2O2. The lowest BCUT2D eigenvalue weighted by molar-refractivity contribution is 0.0697. The van der Waals surface area contributed by atoms with E-state index < -0.39 is 5.97 Å². The molecule has 0 saturated carbocycles. The van der Waals surface area contributed by atoms with Crippen molar-refractivity contribution >= 4 is 5.97 Å². The molecule has 4 aromatic rings. The van der Waals surface area contributed by atoms with Gasteiger partial charge in [0.1, 0.15) is 0 Å². The van der Waals surface area contributed by atoms with E-state index in [-0.39, 0.29) is 5.56 Å². The Labute approximate surface area is 151 Å². The predicted molar refractivity (Wildman–Crippen MR) is 101 cm³/mol. The van der Waals surface area contributed by atoms with Gasteiger partial charge in [0.2, 0.25) is 0 Å². The zero-order chi connectivity index (χ0) is 17.9. The molecule has 0 aliphatic carbocycles. The SMILES string of the molecule is O=C(O)c1cccc(-n2ccc(-c3ccncc3)c2-c2ccccc2)c1. The monoisotopic (exact) mass is 340 g/mol. The van der Waals surface area contributed by atoms with Crippen LogP contribution in [-0.2, 0) is 0 Å². The van der Waals surface area contributed by atoms with Crippen molar-refractivity contribution in [2.24, 2.45) is 0 Å². The van der Waals surface area contributed by atoms with E-state index in [9.17, 15) is 9.90 Å². The molecule has 0 aliphatic heterocycles. The molecule has 26 heavy (non-hydrogen) atoms. The zero-order valence-electron chi connectivity index (χ0n) is 13.9. The molecule has 0 fully saturated rings. The molecule has 4 nitrogen and oxygen atoms in total. The average Bonchev–Trinajstić information content (AvgIpc) is 3.14. The topological polar surface area (TPSA) is 55.1 Å². The molecule has 0 atom stereocenters. The van der Waals surface area contributed by atoms with Gasteiger partial charge in [0.25, 0.3) is 0 Å². The first-order valence-electron chi connectivity index (χ1n) is 8.25. The lowest BCUT2D eigenvalue weighted by Gasteiger charge is -2.13. The van der Waals surface area contributed by atoms with E-state index in [2.05, 4.69) is 17.1 Å². The number of carbonyl (C=O) groups is 1. The Hall–Kier alpha value is -3.66. The van der Waals surface area contributed by atoms with E-state index in [1.807, 2.05) is 53.2 Å². The fraction of sp³-hybridized carbons (Fsp3) is 0. The zero-order valence-corrected chi connectivity index (χ0v) is 13.9. The summed E-state index contributed by atoms with van der Waals surface area (Å²) < 4.78 is 2.03. The minimum atomic E-state index is -0.936. The Balaban J connectivity index is 1.95. The average molecular weight is 340 g/mol. The van der Waals surface area contributed by atoms with Crippen LogP contribution in [0.4, 0.5) is 0 Å². The van der Waals surface area contributed by atoms with Gasteiger partial charge in [0.15, 0.2) is 0 Å². The molecule has 2 heterocycles. The fourth-order valence-corrected chi connectivity index (χ4v) is 3.09. The largest absolute Gasteiger partial charge is 0.478 e. The van der Waals surface area contributed by atoms with Crippen LogP contribution in [0.15, 0.2) is 91.4 Å². The lowest BCUT2D eigenvalue weighted by Crippen LogP contribution is -2.00. The van der Waals surface area contributed by atoms with Crippen LogP contribution in [0.1, 0.15) is 10.4 Å². The Kier molecular flexibility index (Phi) is 4.07. The second kappa shape index (κ2) is 6.69. The quantitative estimate of drug-likeness (QED) is 0.574. The van der Waals surface area contributed by atoms with Crippen molar-refractivity contribution in [3.63, 3.8) is 0 Å². The molecule has 0 aliphatic rings. The molecule has 1 N–H and O–H groups in total. The molecule has 2 aromatic heterocycles. The smallest absolute Gasteiger partial charge is 0.335 e. The maximum absolute atomic E-state index is 11.3. The number of aromatic carboxylic acids is 1.